The maximum absolute atomic E-state index is 13.3. The van der Waals surface area contributed by atoms with Crippen molar-refractivity contribution >= 4 is 29.0 Å². The second kappa shape index (κ2) is 5.09. The summed E-state index contributed by atoms with van der Waals surface area (Å²) < 4.78 is 13.3. The minimum atomic E-state index is -0.448. The van der Waals surface area contributed by atoms with Crippen molar-refractivity contribution in [3.63, 3.8) is 0 Å². The summed E-state index contributed by atoms with van der Waals surface area (Å²) >= 11 is 11.8. The first-order chi connectivity index (χ1) is 8.47. The Balaban J connectivity index is 2.51. The molecule has 0 amide bonds. The van der Waals surface area contributed by atoms with Crippen molar-refractivity contribution in [3.05, 3.63) is 69.0 Å². The molecular weight excluding hydrogens is 274 g/mol. The van der Waals surface area contributed by atoms with E-state index in [9.17, 15) is 9.18 Å². The van der Waals surface area contributed by atoms with E-state index in [1.165, 1.54) is 18.2 Å². The number of rotatable bonds is 2. The molecule has 0 heterocycles. The lowest BCUT2D eigenvalue weighted by atomic mass is 10.0. The molecular formula is C14H9Cl2FO. The lowest BCUT2D eigenvalue weighted by Gasteiger charge is -2.05. The lowest BCUT2D eigenvalue weighted by molar-refractivity contribution is 0.103. The summed E-state index contributed by atoms with van der Waals surface area (Å²) in [5, 5.41) is 0.710. The first-order valence-electron chi connectivity index (χ1n) is 5.24. The van der Waals surface area contributed by atoms with Crippen LogP contribution in [0, 0.1) is 12.7 Å². The average Bonchev–Trinajstić information content (AvgIpc) is 2.30. The number of aryl methyl sites for hydroxylation is 1. The minimum Gasteiger partial charge on any atom is -0.289 e. The Morgan fingerprint density at radius 1 is 1.11 bits per heavy atom. The predicted octanol–water partition coefficient (Wildman–Crippen LogP) is 4.67. The van der Waals surface area contributed by atoms with Gasteiger partial charge < -0.3 is 0 Å². The van der Waals surface area contributed by atoms with E-state index in [0.717, 1.165) is 0 Å². The van der Waals surface area contributed by atoms with Crippen molar-refractivity contribution < 1.29 is 9.18 Å². The maximum atomic E-state index is 13.3. The topological polar surface area (TPSA) is 17.1 Å². The summed E-state index contributed by atoms with van der Waals surface area (Å²) in [5.74, 6) is -0.790. The van der Waals surface area contributed by atoms with Crippen molar-refractivity contribution in [1.82, 2.24) is 0 Å². The summed E-state index contributed by atoms with van der Waals surface area (Å²) in [5.41, 5.74) is 1.21. The van der Waals surface area contributed by atoms with Crippen LogP contribution < -0.4 is 0 Å². The SMILES string of the molecule is Cc1cc(F)cc(C(=O)c2cc(Cl)ccc2Cl)c1. The highest BCUT2D eigenvalue weighted by Crippen LogP contribution is 2.24. The van der Waals surface area contributed by atoms with Crippen molar-refractivity contribution in [2.24, 2.45) is 0 Å². The van der Waals surface area contributed by atoms with Gasteiger partial charge in [-0.3, -0.25) is 4.79 Å². The number of carbonyl (C=O) groups is 1. The van der Waals surface area contributed by atoms with Gasteiger partial charge in [0, 0.05) is 16.1 Å². The molecule has 0 aliphatic carbocycles. The van der Waals surface area contributed by atoms with Crippen LogP contribution in [0.1, 0.15) is 21.5 Å². The smallest absolute Gasteiger partial charge is 0.194 e. The van der Waals surface area contributed by atoms with Crippen molar-refractivity contribution in [2.45, 2.75) is 6.92 Å². The molecule has 0 N–H and O–H groups in total. The number of ketones is 1. The third kappa shape index (κ3) is 2.71. The number of hydrogen-bond acceptors (Lipinski definition) is 1. The molecule has 0 spiro atoms. The molecule has 18 heavy (non-hydrogen) atoms. The zero-order chi connectivity index (χ0) is 13.3. The highest BCUT2D eigenvalue weighted by atomic mass is 35.5. The molecule has 92 valence electrons. The predicted molar refractivity (Wildman–Crippen MR) is 71.0 cm³/mol. The van der Waals surface area contributed by atoms with Crippen molar-refractivity contribution in [1.29, 1.82) is 0 Å². The Hall–Kier alpha value is -1.38. The van der Waals surface area contributed by atoms with E-state index in [4.69, 9.17) is 23.2 Å². The third-order valence-corrected chi connectivity index (χ3v) is 3.04. The van der Waals surface area contributed by atoms with E-state index < -0.39 is 5.82 Å². The Kier molecular flexibility index (Phi) is 3.69. The third-order valence-electron chi connectivity index (χ3n) is 2.48. The highest BCUT2D eigenvalue weighted by molar-refractivity contribution is 6.36. The molecule has 2 aromatic rings. The Labute approximate surface area is 114 Å². The van der Waals surface area contributed by atoms with Gasteiger partial charge in [-0.2, -0.15) is 0 Å². The molecule has 0 atom stereocenters. The van der Waals surface area contributed by atoms with Gasteiger partial charge in [0.15, 0.2) is 5.78 Å². The van der Waals surface area contributed by atoms with Gasteiger partial charge in [0.1, 0.15) is 5.82 Å². The van der Waals surface area contributed by atoms with E-state index in [0.29, 0.717) is 15.6 Å². The van der Waals surface area contributed by atoms with Crippen LogP contribution in [0.2, 0.25) is 10.0 Å². The molecule has 2 rings (SSSR count). The van der Waals surface area contributed by atoms with Crippen LogP contribution in [-0.2, 0) is 0 Å². The molecule has 0 bridgehead atoms. The highest BCUT2D eigenvalue weighted by Gasteiger charge is 2.14. The number of halogens is 3. The fourth-order valence-electron chi connectivity index (χ4n) is 1.69. The van der Waals surface area contributed by atoms with E-state index in [1.807, 2.05) is 0 Å². The molecule has 0 fully saturated rings. The lowest BCUT2D eigenvalue weighted by Crippen LogP contribution is -2.03. The van der Waals surface area contributed by atoms with Gasteiger partial charge in [-0.25, -0.2) is 4.39 Å². The number of carbonyl (C=O) groups excluding carboxylic acids is 1. The normalized spacial score (nSPS) is 10.4. The molecule has 0 unspecified atom stereocenters. The molecule has 0 aliphatic heterocycles. The van der Waals surface area contributed by atoms with Gasteiger partial charge >= 0.3 is 0 Å². The largest absolute Gasteiger partial charge is 0.289 e. The van der Waals surface area contributed by atoms with Crippen LogP contribution >= 0.6 is 23.2 Å². The summed E-state index contributed by atoms with van der Waals surface area (Å²) in [6, 6.07) is 8.78. The van der Waals surface area contributed by atoms with Gasteiger partial charge in [-0.1, -0.05) is 23.2 Å². The molecule has 2 aromatic carbocycles. The van der Waals surface area contributed by atoms with E-state index >= 15 is 0 Å². The fourth-order valence-corrected chi connectivity index (χ4v) is 2.07. The zero-order valence-corrected chi connectivity index (χ0v) is 11.0. The minimum absolute atomic E-state index is 0.261. The van der Waals surface area contributed by atoms with E-state index in [-0.39, 0.29) is 16.9 Å². The van der Waals surface area contributed by atoms with Gasteiger partial charge in [0.25, 0.3) is 0 Å². The number of benzene rings is 2. The second-order valence-corrected chi connectivity index (χ2v) is 4.81. The second-order valence-electron chi connectivity index (χ2n) is 3.97. The van der Waals surface area contributed by atoms with E-state index in [1.54, 1.807) is 25.1 Å². The van der Waals surface area contributed by atoms with Crippen LogP contribution in [0.4, 0.5) is 4.39 Å². The Morgan fingerprint density at radius 3 is 2.50 bits per heavy atom. The monoisotopic (exact) mass is 282 g/mol. The van der Waals surface area contributed by atoms with Gasteiger partial charge in [-0.05, 0) is 48.9 Å². The first kappa shape index (κ1) is 13.1. The molecule has 0 saturated carbocycles. The first-order valence-corrected chi connectivity index (χ1v) is 6.00. The van der Waals surface area contributed by atoms with Crippen LogP contribution in [0.5, 0.6) is 0 Å². The molecule has 1 nitrogen and oxygen atoms in total. The zero-order valence-electron chi connectivity index (χ0n) is 9.51. The van der Waals surface area contributed by atoms with Crippen molar-refractivity contribution in [2.75, 3.05) is 0 Å². The van der Waals surface area contributed by atoms with Crippen LogP contribution in [0.3, 0.4) is 0 Å². The standard InChI is InChI=1S/C14H9Cl2FO/c1-8-4-9(6-11(17)5-8)14(18)12-7-10(15)2-3-13(12)16/h2-7H,1H3. The quantitative estimate of drug-likeness (QED) is 0.732. The summed E-state index contributed by atoms with van der Waals surface area (Å²) in [6.07, 6.45) is 0. The summed E-state index contributed by atoms with van der Waals surface area (Å²) in [6.45, 7) is 1.72. The molecule has 0 aromatic heterocycles. The Morgan fingerprint density at radius 2 is 1.83 bits per heavy atom. The van der Waals surface area contributed by atoms with Crippen LogP contribution in [0.25, 0.3) is 0 Å². The summed E-state index contributed by atoms with van der Waals surface area (Å²) in [4.78, 5) is 12.2. The maximum Gasteiger partial charge on any atom is 0.194 e. The molecule has 0 radical (unpaired) electrons. The number of hydrogen-bond donors (Lipinski definition) is 0. The van der Waals surface area contributed by atoms with Crippen LogP contribution in [0.15, 0.2) is 36.4 Å². The molecule has 0 saturated heterocycles. The van der Waals surface area contributed by atoms with Crippen molar-refractivity contribution in [3.8, 4) is 0 Å². The van der Waals surface area contributed by atoms with Crippen LogP contribution in [-0.4, -0.2) is 5.78 Å². The average molecular weight is 283 g/mol. The fraction of sp³-hybridized carbons (Fsp3) is 0.0714. The summed E-state index contributed by atoms with van der Waals surface area (Å²) in [7, 11) is 0. The molecule has 4 heteroatoms. The Bertz CT molecular complexity index is 603. The van der Waals surface area contributed by atoms with Gasteiger partial charge in [0.2, 0.25) is 0 Å². The van der Waals surface area contributed by atoms with E-state index in [2.05, 4.69) is 0 Å². The van der Waals surface area contributed by atoms with Gasteiger partial charge in [-0.15, -0.1) is 0 Å². The van der Waals surface area contributed by atoms with Gasteiger partial charge in [0.05, 0.1) is 5.02 Å². The molecule has 0 aliphatic rings.